The van der Waals surface area contributed by atoms with Crippen LogP contribution in [-0.4, -0.2) is 66.0 Å². The molecule has 3 aromatic rings. The Bertz CT molecular complexity index is 1290. The van der Waals surface area contributed by atoms with E-state index in [0.717, 1.165) is 5.56 Å². The third kappa shape index (κ3) is 6.44. The summed E-state index contributed by atoms with van der Waals surface area (Å²) in [6, 6.07) is 9.67. The fourth-order valence-corrected chi connectivity index (χ4v) is 6.53. The summed E-state index contributed by atoms with van der Waals surface area (Å²) in [6.45, 7) is -0.0187. The lowest BCUT2D eigenvalue weighted by Crippen LogP contribution is -2.20. The molecule has 0 aliphatic carbocycles. The molecule has 190 valence electrons. The van der Waals surface area contributed by atoms with Gasteiger partial charge in [-0.25, -0.2) is 9.37 Å². The summed E-state index contributed by atoms with van der Waals surface area (Å²) in [6.07, 6.45) is -2.49. The van der Waals surface area contributed by atoms with E-state index in [1.54, 1.807) is 0 Å². The first kappa shape index (κ1) is 26.1. The highest BCUT2D eigenvalue weighted by Gasteiger charge is 2.40. The second-order valence-corrected chi connectivity index (χ2v) is 12.5. The molecule has 1 unspecified atom stereocenters. The molecule has 12 nitrogen and oxygen atoms in total. The van der Waals surface area contributed by atoms with Crippen molar-refractivity contribution in [3.05, 3.63) is 47.5 Å². The van der Waals surface area contributed by atoms with Crippen molar-refractivity contribution in [3.63, 3.8) is 0 Å². The van der Waals surface area contributed by atoms with Gasteiger partial charge in [-0.2, -0.15) is 9.97 Å². The molecule has 3 N–H and O–H groups in total. The number of hydrogen-bond acceptors (Lipinski definition) is 8. The molecule has 0 saturated carbocycles. The highest BCUT2D eigenvalue weighted by Crippen LogP contribution is 2.55. The zero-order valence-corrected chi connectivity index (χ0v) is 20.9. The maximum atomic E-state index is 14.9. The van der Waals surface area contributed by atoms with Gasteiger partial charge < -0.3 is 28.8 Å². The molecule has 1 fully saturated rings. The van der Waals surface area contributed by atoms with Gasteiger partial charge in [0.05, 0.1) is 19.0 Å². The van der Waals surface area contributed by atoms with Gasteiger partial charge in [0, 0.05) is 20.0 Å². The van der Waals surface area contributed by atoms with Crippen LogP contribution in [0.2, 0.25) is 5.28 Å². The van der Waals surface area contributed by atoms with E-state index in [1.807, 2.05) is 42.3 Å². The Hall–Kier alpha value is -1.95. The minimum absolute atomic E-state index is 0.0684. The van der Waals surface area contributed by atoms with Crippen LogP contribution in [0.5, 0.6) is 0 Å². The molecular formula is C19H23ClFN5O7P2. The lowest BCUT2D eigenvalue weighted by Gasteiger charge is -2.20. The summed E-state index contributed by atoms with van der Waals surface area (Å²) in [7, 11) is -7.55. The Kier molecular flexibility index (Phi) is 7.61. The standard InChI is InChI=1S/C19H23ClFN5O7P2/c1-25(8-12-5-3-2-4-6-12)16-15-17(24-19(20)23-16)26(10-22-15)18-14(21)7-13(33-18)9-32-35(30,31)11-34(27,28)29/h2-6,10,13-14,18H,7-9,11H2,1H3,(H,30,31)(H2,27,28,29)/t13-,14-,18+/m0/s1. The first-order chi connectivity index (χ1) is 16.4. The van der Waals surface area contributed by atoms with E-state index >= 15 is 0 Å². The summed E-state index contributed by atoms with van der Waals surface area (Å²) in [5, 5.41) is -0.0684. The number of imidazole rings is 1. The average molecular weight is 550 g/mol. The van der Waals surface area contributed by atoms with Crippen LogP contribution in [0.4, 0.5) is 10.2 Å². The first-order valence-corrected chi connectivity index (χ1v) is 14.3. The second-order valence-electron chi connectivity index (χ2n) is 8.12. The van der Waals surface area contributed by atoms with Crippen molar-refractivity contribution in [3.8, 4) is 0 Å². The molecule has 0 bridgehead atoms. The van der Waals surface area contributed by atoms with Crippen LogP contribution in [0.25, 0.3) is 11.2 Å². The monoisotopic (exact) mass is 549 g/mol. The van der Waals surface area contributed by atoms with E-state index in [2.05, 4.69) is 15.0 Å². The molecule has 2 aromatic heterocycles. The van der Waals surface area contributed by atoms with Crippen molar-refractivity contribution in [2.45, 2.75) is 31.5 Å². The molecule has 0 amide bonds. The molecule has 16 heteroatoms. The predicted molar refractivity (Wildman–Crippen MR) is 125 cm³/mol. The fourth-order valence-electron chi connectivity index (χ4n) is 3.79. The number of fused-ring (bicyclic) bond motifs is 1. The summed E-state index contributed by atoms with van der Waals surface area (Å²) in [4.78, 5) is 42.1. The van der Waals surface area contributed by atoms with Gasteiger partial charge >= 0.3 is 15.2 Å². The summed E-state index contributed by atoms with van der Waals surface area (Å²) < 4.78 is 49.5. The van der Waals surface area contributed by atoms with Gasteiger partial charge in [0.2, 0.25) is 5.28 Å². The minimum atomic E-state index is -4.78. The normalized spacial score (nSPS) is 22.4. The van der Waals surface area contributed by atoms with Gasteiger partial charge in [-0.1, -0.05) is 30.3 Å². The molecule has 1 saturated heterocycles. The second kappa shape index (κ2) is 10.2. The Morgan fingerprint density at radius 3 is 2.66 bits per heavy atom. The Labute approximate surface area is 204 Å². The van der Waals surface area contributed by atoms with Gasteiger partial charge in [0.1, 0.15) is 6.17 Å². The zero-order valence-electron chi connectivity index (χ0n) is 18.4. The van der Waals surface area contributed by atoms with Gasteiger partial charge in [-0.3, -0.25) is 13.7 Å². The van der Waals surface area contributed by atoms with Crippen LogP contribution < -0.4 is 4.90 Å². The van der Waals surface area contributed by atoms with Crippen molar-refractivity contribution in [1.82, 2.24) is 19.5 Å². The number of rotatable bonds is 9. The molecule has 3 heterocycles. The third-order valence-corrected chi connectivity index (χ3v) is 8.85. The third-order valence-electron chi connectivity index (χ3n) is 5.23. The molecule has 0 spiro atoms. The topological polar surface area (TPSA) is 160 Å². The quantitative estimate of drug-likeness (QED) is 0.266. The number of ether oxygens (including phenoxy) is 1. The van der Waals surface area contributed by atoms with Crippen molar-refractivity contribution in [2.75, 3.05) is 24.5 Å². The van der Waals surface area contributed by atoms with Crippen molar-refractivity contribution in [1.29, 1.82) is 0 Å². The van der Waals surface area contributed by atoms with Gasteiger partial charge in [-0.05, 0) is 17.2 Å². The summed E-state index contributed by atoms with van der Waals surface area (Å²) in [5.74, 6) is -0.898. The predicted octanol–water partition coefficient (Wildman–Crippen LogP) is 3.08. The summed E-state index contributed by atoms with van der Waals surface area (Å²) >= 11 is 6.16. The molecule has 35 heavy (non-hydrogen) atoms. The van der Waals surface area contributed by atoms with Crippen LogP contribution in [0, 0.1) is 0 Å². The number of nitrogens with zero attached hydrogens (tertiary/aromatic N) is 5. The molecule has 1 aliphatic heterocycles. The van der Waals surface area contributed by atoms with Gasteiger partial charge in [-0.15, -0.1) is 0 Å². The molecule has 1 aliphatic rings. The SMILES string of the molecule is CN(Cc1ccccc1)c1nc(Cl)nc2c1ncn2[C@@H]1O[C@H](COP(=O)(O)CP(=O)(O)O)C[C@@H]1F. The van der Waals surface area contributed by atoms with Crippen molar-refractivity contribution < 1.29 is 37.5 Å². The highest BCUT2D eigenvalue weighted by molar-refractivity contribution is 7.70. The fraction of sp³-hybridized carbons (Fsp3) is 0.421. The van der Waals surface area contributed by atoms with Gasteiger partial charge in [0.25, 0.3) is 0 Å². The first-order valence-electron chi connectivity index (χ1n) is 10.4. The zero-order chi connectivity index (χ0) is 25.4. The summed E-state index contributed by atoms with van der Waals surface area (Å²) in [5.41, 5.74) is 1.65. The number of aromatic nitrogens is 4. The number of alkyl halides is 1. The number of halogens is 2. The van der Waals surface area contributed by atoms with E-state index in [0.29, 0.717) is 17.9 Å². The molecule has 4 atom stereocenters. The van der Waals surface area contributed by atoms with Crippen LogP contribution in [0.1, 0.15) is 18.2 Å². The van der Waals surface area contributed by atoms with Gasteiger partial charge in [0.15, 0.2) is 29.1 Å². The van der Waals surface area contributed by atoms with Crippen LogP contribution in [-0.2, 0) is 24.9 Å². The van der Waals surface area contributed by atoms with E-state index in [4.69, 9.17) is 30.6 Å². The minimum Gasteiger partial charge on any atom is -0.353 e. The van der Waals surface area contributed by atoms with Crippen LogP contribution >= 0.6 is 26.8 Å². The highest BCUT2D eigenvalue weighted by atomic mass is 35.5. The van der Waals surface area contributed by atoms with Crippen molar-refractivity contribution >= 4 is 43.8 Å². The maximum Gasteiger partial charge on any atom is 0.340 e. The molecular weight excluding hydrogens is 527 g/mol. The van der Waals surface area contributed by atoms with Crippen molar-refractivity contribution in [2.24, 2.45) is 0 Å². The largest absolute Gasteiger partial charge is 0.353 e. The Balaban J connectivity index is 1.52. The Morgan fingerprint density at radius 2 is 1.97 bits per heavy atom. The van der Waals surface area contributed by atoms with E-state index in [1.165, 1.54) is 10.9 Å². The average Bonchev–Trinajstić information content (AvgIpc) is 3.33. The number of anilines is 1. The maximum absolute atomic E-state index is 14.9. The molecule has 1 aromatic carbocycles. The number of benzene rings is 1. The van der Waals surface area contributed by atoms with Crippen LogP contribution in [0.3, 0.4) is 0 Å². The van der Waals surface area contributed by atoms with Crippen LogP contribution in [0.15, 0.2) is 36.7 Å². The Morgan fingerprint density at radius 1 is 1.26 bits per heavy atom. The van der Waals surface area contributed by atoms with E-state index in [-0.39, 0.29) is 17.4 Å². The van der Waals surface area contributed by atoms with E-state index in [9.17, 15) is 18.4 Å². The lowest BCUT2D eigenvalue weighted by molar-refractivity contribution is -0.0324. The number of hydrogen-bond donors (Lipinski definition) is 3. The smallest absolute Gasteiger partial charge is 0.340 e. The lowest BCUT2D eigenvalue weighted by atomic mass is 10.2. The van der Waals surface area contributed by atoms with E-state index < -0.39 is 46.2 Å². The molecule has 4 rings (SSSR count). The molecule has 0 radical (unpaired) electrons.